The molecular weight excluding hydrogens is 263 g/mol. The van der Waals surface area contributed by atoms with Crippen molar-refractivity contribution in [1.82, 2.24) is 5.32 Å². The Bertz CT molecular complexity index is 620. The van der Waals surface area contributed by atoms with Gasteiger partial charge in [-0.05, 0) is 23.8 Å². The first-order valence-electron chi connectivity index (χ1n) is 5.83. The monoisotopic (exact) mass is 274 g/mol. The second-order valence-electron chi connectivity index (χ2n) is 4.11. The SMILES string of the molecule is N#Cc1ccc(CNCc2ccccc2F)c(Cl)c1. The standard InChI is InChI=1S/C15H12ClFN2/c16-14-7-11(8-18)5-6-12(14)9-19-10-13-3-1-2-4-15(13)17/h1-7,19H,9-10H2. The molecule has 0 saturated heterocycles. The maximum atomic E-state index is 13.4. The van der Waals surface area contributed by atoms with Gasteiger partial charge < -0.3 is 5.32 Å². The lowest BCUT2D eigenvalue weighted by molar-refractivity contribution is 0.588. The van der Waals surface area contributed by atoms with Gasteiger partial charge in [-0.15, -0.1) is 0 Å². The van der Waals surface area contributed by atoms with Gasteiger partial charge in [-0.2, -0.15) is 5.26 Å². The maximum Gasteiger partial charge on any atom is 0.127 e. The summed E-state index contributed by atoms with van der Waals surface area (Å²) in [7, 11) is 0. The van der Waals surface area contributed by atoms with Crippen molar-refractivity contribution in [2.45, 2.75) is 13.1 Å². The molecule has 0 atom stereocenters. The number of hydrogen-bond acceptors (Lipinski definition) is 2. The van der Waals surface area contributed by atoms with Crippen LogP contribution in [0.3, 0.4) is 0 Å². The lowest BCUT2D eigenvalue weighted by atomic mass is 10.1. The third kappa shape index (κ3) is 3.54. The predicted molar refractivity (Wildman–Crippen MR) is 73.1 cm³/mol. The highest BCUT2D eigenvalue weighted by Gasteiger charge is 2.03. The van der Waals surface area contributed by atoms with E-state index in [1.807, 2.05) is 6.07 Å². The third-order valence-corrected chi connectivity index (χ3v) is 3.12. The summed E-state index contributed by atoms with van der Waals surface area (Å²) in [4.78, 5) is 0. The van der Waals surface area contributed by atoms with Crippen LogP contribution < -0.4 is 5.32 Å². The van der Waals surface area contributed by atoms with Crippen LogP contribution in [-0.4, -0.2) is 0 Å². The average Bonchev–Trinajstić information content (AvgIpc) is 2.42. The van der Waals surface area contributed by atoms with Crippen LogP contribution in [0.15, 0.2) is 42.5 Å². The highest BCUT2D eigenvalue weighted by molar-refractivity contribution is 6.31. The molecule has 0 spiro atoms. The Kier molecular flexibility index (Phi) is 4.51. The highest BCUT2D eigenvalue weighted by Crippen LogP contribution is 2.17. The lowest BCUT2D eigenvalue weighted by Crippen LogP contribution is -2.14. The molecule has 96 valence electrons. The summed E-state index contributed by atoms with van der Waals surface area (Å²) >= 11 is 6.06. The third-order valence-electron chi connectivity index (χ3n) is 2.77. The molecule has 2 nitrogen and oxygen atoms in total. The minimum atomic E-state index is -0.221. The molecule has 0 fully saturated rings. The number of benzene rings is 2. The van der Waals surface area contributed by atoms with Crippen molar-refractivity contribution in [3.63, 3.8) is 0 Å². The van der Waals surface area contributed by atoms with Crippen LogP contribution >= 0.6 is 11.6 Å². The summed E-state index contributed by atoms with van der Waals surface area (Å²) < 4.78 is 13.4. The zero-order valence-corrected chi connectivity index (χ0v) is 10.9. The first kappa shape index (κ1) is 13.5. The van der Waals surface area contributed by atoms with Crippen LogP contribution in [0, 0.1) is 17.1 Å². The van der Waals surface area contributed by atoms with E-state index in [0.717, 1.165) is 5.56 Å². The van der Waals surface area contributed by atoms with E-state index in [4.69, 9.17) is 16.9 Å². The predicted octanol–water partition coefficient (Wildman–Crippen LogP) is 3.64. The van der Waals surface area contributed by atoms with Crippen molar-refractivity contribution in [3.05, 3.63) is 70.0 Å². The molecule has 0 aliphatic heterocycles. The molecule has 0 unspecified atom stereocenters. The largest absolute Gasteiger partial charge is 0.308 e. The van der Waals surface area contributed by atoms with E-state index in [-0.39, 0.29) is 5.82 Å². The molecule has 2 aromatic rings. The number of rotatable bonds is 4. The molecule has 0 amide bonds. The Morgan fingerprint density at radius 1 is 1.11 bits per heavy atom. The minimum Gasteiger partial charge on any atom is -0.308 e. The quantitative estimate of drug-likeness (QED) is 0.924. The summed E-state index contributed by atoms with van der Waals surface area (Å²) in [6.07, 6.45) is 0. The van der Waals surface area contributed by atoms with Crippen molar-refractivity contribution < 1.29 is 4.39 Å². The van der Waals surface area contributed by atoms with Crippen molar-refractivity contribution in [1.29, 1.82) is 5.26 Å². The van der Waals surface area contributed by atoms with E-state index in [1.54, 1.807) is 36.4 Å². The first-order valence-corrected chi connectivity index (χ1v) is 6.21. The molecule has 0 aliphatic carbocycles. The van der Waals surface area contributed by atoms with Gasteiger partial charge in [0.15, 0.2) is 0 Å². The lowest BCUT2D eigenvalue weighted by Gasteiger charge is -2.07. The van der Waals surface area contributed by atoms with Crippen LogP contribution in [0.1, 0.15) is 16.7 Å². The molecule has 2 aromatic carbocycles. The van der Waals surface area contributed by atoms with Gasteiger partial charge in [0, 0.05) is 23.7 Å². The van der Waals surface area contributed by atoms with Gasteiger partial charge in [0.25, 0.3) is 0 Å². The molecule has 0 aromatic heterocycles. The zero-order valence-electron chi connectivity index (χ0n) is 10.2. The Balaban J connectivity index is 1.97. The van der Waals surface area contributed by atoms with Crippen LogP contribution in [0.5, 0.6) is 0 Å². The average molecular weight is 275 g/mol. The second kappa shape index (κ2) is 6.33. The minimum absolute atomic E-state index is 0.221. The van der Waals surface area contributed by atoms with Crippen LogP contribution in [0.4, 0.5) is 4.39 Å². The van der Waals surface area contributed by atoms with Gasteiger partial charge >= 0.3 is 0 Å². The van der Waals surface area contributed by atoms with E-state index >= 15 is 0 Å². The fourth-order valence-corrected chi connectivity index (χ4v) is 1.98. The topological polar surface area (TPSA) is 35.8 Å². The Morgan fingerprint density at radius 3 is 2.53 bits per heavy atom. The summed E-state index contributed by atoms with van der Waals surface area (Å²) in [5.41, 5.74) is 2.03. The van der Waals surface area contributed by atoms with Crippen molar-refractivity contribution in [3.8, 4) is 6.07 Å². The molecular formula is C15H12ClFN2. The van der Waals surface area contributed by atoms with Gasteiger partial charge in [0.2, 0.25) is 0 Å². The summed E-state index contributed by atoms with van der Waals surface area (Å²) in [5.74, 6) is -0.221. The normalized spacial score (nSPS) is 10.2. The van der Waals surface area contributed by atoms with Gasteiger partial charge in [0.1, 0.15) is 5.82 Å². The van der Waals surface area contributed by atoms with Crippen molar-refractivity contribution in [2.75, 3.05) is 0 Å². The van der Waals surface area contributed by atoms with Gasteiger partial charge in [-0.25, -0.2) is 4.39 Å². The van der Waals surface area contributed by atoms with Gasteiger partial charge in [-0.1, -0.05) is 35.9 Å². The number of nitrogens with one attached hydrogen (secondary N) is 1. The Labute approximate surface area is 116 Å². The Hall–Kier alpha value is -1.89. The van der Waals surface area contributed by atoms with E-state index in [9.17, 15) is 4.39 Å². The number of hydrogen-bond donors (Lipinski definition) is 1. The van der Waals surface area contributed by atoms with Crippen LogP contribution in [0.25, 0.3) is 0 Å². The molecule has 0 aliphatic rings. The molecule has 0 saturated carbocycles. The maximum absolute atomic E-state index is 13.4. The Morgan fingerprint density at radius 2 is 1.84 bits per heavy atom. The molecule has 1 N–H and O–H groups in total. The van der Waals surface area contributed by atoms with Crippen LogP contribution in [-0.2, 0) is 13.1 Å². The van der Waals surface area contributed by atoms with E-state index in [0.29, 0.717) is 29.2 Å². The highest BCUT2D eigenvalue weighted by atomic mass is 35.5. The second-order valence-corrected chi connectivity index (χ2v) is 4.52. The molecule has 0 heterocycles. The summed E-state index contributed by atoms with van der Waals surface area (Å²) in [5, 5.41) is 12.4. The first-order chi connectivity index (χ1) is 9.20. The van der Waals surface area contributed by atoms with E-state index < -0.39 is 0 Å². The fourth-order valence-electron chi connectivity index (χ4n) is 1.73. The van der Waals surface area contributed by atoms with Crippen molar-refractivity contribution in [2.24, 2.45) is 0 Å². The van der Waals surface area contributed by atoms with E-state index in [2.05, 4.69) is 5.32 Å². The molecule has 0 radical (unpaired) electrons. The van der Waals surface area contributed by atoms with Crippen molar-refractivity contribution >= 4 is 11.6 Å². The van der Waals surface area contributed by atoms with E-state index in [1.165, 1.54) is 6.07 Å². The fraction of sp³-hybridized carbons (Fsp3) is 0.133. The summed E-state index contributed by atoms with van der Waals surface area (Å²) in [6.45, 7) is 0.960. The molecule has 2 rings (SSSR count). The van der Waals surface area contributed by atoms with Gasteiger partial charge in [-0.3, -0.25) is 0 Å². The number of nitriles is 1. The summed E-state index contributed by atoms with van der Waals surface area (Å²) in [6, 6.07) is 13.8. The number of nitrogens with zero attached hydrogens (tertiary/aromatic N) is 1. The smallest absolute Gasteiger partial charge is 0.127 e. The van der Waals surface area contributed by atoms with Gasteiger partial charge in [0.05, 0.1) is 11.6 Å². The molecule has 0 bridgehead atoms. The number of halogens is 2. The molecule has 4 heteroatoms. The molecule has 19 heavy (non-hydrogen) atoms. The van der Waals surface area contributed by atoms with Crippen LogP contribution in [0.2, 0.25) is 5.02 Å². The zero-order chi connectivity index (χ0) is 13.7.